The van der Waals surface area contributed by atoms with Crippen LogP contribution >= 0.6 is 0 Å². The number of nitrogens with one attached hydrogen (secondary N) is 1. The van der Waals surface area contributed by atoms with Crippen LogP contribution in [-0.4, -0.2) is 18.2 Å². The maximum absolute atomic E-state index is 12.6. The predicted octanol–water partition coefficient (Wildman–Crippen LogP) is 2.23. The zero-order valence-corrected chi connectivity index (χ0v) is 13.4. The van der Waals surface area contributed by atoms with Gasteiger partial charge in [0.15, 0.2) is 10.7 Å². The van der Waals surface area contributed by atoms with Crippen molar-refractivity contribution in [3.05, 3.63) is 35.5 Å². The van der Waals surface area contributed by atoms with E-state index in [1.807, 2.05) is 26.0 Å². The Kier molecular flexibility index (Phi) is 3.95. The molecule has 0 aliphatic carbocycles. The van der Waals surface area contributed by atoms with Gasteiger partial charge in [0.2, 0.25) is 0 Å². The third-order valence-electron chi connectivity index (χ3n) is 3.40. The average molecular weight is 308 g/mol. The van der Waals surface area contributed by atoms with Crippen molar-refractivity contribution in [2.45, 2.75) is 31.6 Å². The van der Waals surface area contributed by atoms with Crippen LogP contribution in [0.25, 0.3) is 0 Å². The van der Waals surface area contributed by atoms with Gasteiger partial charge in [-0.2, -0.15) is 5.10 Å². The zero-order chi connectivity index (χ0) is 15.8. The third kappa shape index (κ3) is 2.87. The van der Waals surface area contributed by atoms with Crippen molar-refractivity contribution < 1.29 is 8.42 Å². The molecule has 21 heavy (non-hydrogen) atoms. The van der Waals surface area contributed by atoms with Gasteiger partial charge in [-0.3, -0.25) is 9.40 Å². The summed E-state index contributed by atoms with van der Waals surface area (Å²) in [5.41, 5.74) is 7.73. The minimum absolute atomic E-state index is 0.00419. The number of aryl methyl sites for hydroxylation is 1. The van der Waals surface area contributed by atoms with Gasteiger partial charge in [-0.15, -0.1) is 0 Å². The van der Waals surface area contributed by atoms with Gasteiger partial charge >= 0.3 is 0 Å². The zero-order valence-electron chi connectivity index (χ0n) is 12.6. The summed E-state index contributed by atoms with van der Waals surface area (Å²) in [5.74, 6) is 0.209. The molecular formula is C14H20N4O2S. The lowest BCUT2D eigenvalue weighted by Gasteiger charge is -2.14. The molecule has 0 bridgehead atoms. The van der Waals surface area contributed by atoms with Crippen LogP contribution in [0.15, 0.2) is 29.2 Å². The van der Waals surface area contributed by atoms with Crippen molar-refractivity contribution in [3.63, 3.8) is 0 Å². The molecule has 0 amide bonds. The van der Waals surface area contributed by atoms with Crippen LogP contribution in [0.1, 0.15) is 31.0 Å². The van der Waals surface area contributed by atoms with Crippen molar-refractivity contribution in [3.8, 4) is 0 Å². The van der Waals surface area contributed by atoms with Crippen LogP contribution < -0.4 is 10.5 Å². The Morgan fingerprint density at radius 2 is 1.90 bits per heavy atom. The summed E-state index contributed by atoms with van der Waals surface area (Å²) in [4.78, 5) is 0.0311. The van der Waals surface area contributed by atoms with Crippen LogP contribution in [0.4, 0.5) is 11.5 Å². The molecule has 3 N–H and O–H groups in total. The molecule has 0 radical (unpaired) electrons. The summed E-state index contributed by atoms with van der Waals surface area (Å²) in [6.45, 7) is 5.69. The molecule has 0 aliphatic heterocycles. The highest BCUT2D eigenvalue weighted by Crippen LogP contribution is 2.28. The lowest BCUT2D eigenvalue weighted by atomic mass is 10.0. The van der Waals surface area contributed by atoms with Gasteiger partial charge in [0, 0.05) is 7.05 Å². The Hall–Kier alpha value is -2.02. The first-order valence-corrected chi connectivity index (χ1v) is 8.13. The van der Waals surface area contributed by atoms with Gasteiger partial charge in [0.25, 0.3) is 10.0 Å². The molecule has 2 rings (SSSR count). The predicted molar refractivity (Wildman–Crippen MR) is 83.7 cm³/mol. The van der Waals surface area contributed by atoms with Crippen LogP contribution in [0, 0.1) is 6.92 Å². The highest BCUT2D eigenvalue weighted by Gasteiger charge is 2.25. The molecule has 0 fully saturated rings. The number of benzene rings is 1. The van der Waals surface area contributed by atoms with E-state index in [0.29, 0.717) is 11.4 Å². The normalized spacial score (nSPS) is 11.9. The van der Waals surface area contributed by atoms with E-state index in [1.54, 1.807) is 26.1 Å². The molecule has 1 aromatic heterocycles. The maximum Gasteiger partial charge on any atom is 0.267 e. The number of aromatic nitrogens is 2. The Bertz CT molecular complexity index is 763. The number of hydrogen-bond acceptors (Lipinski definition) is 4. The highest BCUT2D eigenvalue weighted by atomic mass is 32.2. The molecule has 2 aromatic rings. The second-order valence-electron chi connectivity index (χ2n) is 5.27. The van der Waals surface area contributed by atoms with Gasteiger partial charge in [-0.1, -0.05) is 32.0 Å². The summed E-state index contributed by atoms with van der Waals surface area (Å²) in [5, 5.41) is 3.95. The molecule has 0 atom stereocenters. The number of nitrogens with two attached hydrogens (primary N) is 1. The SMILES string of the molecule is Cc1c(S(=O)(=O)Nc2ccccc2C(C)C)c(N)nn1C. The molecule has 6 nitrogen and oxygen atoms in total. The number of sulfonamides is 1. The molecule has 0 spiro atoms. The van der Waals surface area contributed by atoms with E-state index in [2.05, 4.69) is 9.82 Å². The summed E-state index contributed by atoms with van der Waals surface area (Å²) in [6.07, 6.45) is 0. The highest BCUT2D eigenvalue weighted by molar-refractivity contribution is 7.93. The smallest absolute Gasteiger partial charge is 0.267 e. The molecule has 0 saturated heterocycles. The lowest BCUT2D eigenvalue weighted by molar-refractivity contribution is 0.600. The van der Waals surface area contributed by atoms with Gasteiger partial charge in [0.05, 0.1) is 11.4 Å². The molecule has 114 valence electrons. The minimum Gasteiger partial charge on any atom is -0.381 e. The van der Waals surface area contributed by atoms with Crippen LogP contribution in [0.3, 0.4) is 0 Å². The number of nitrogen functional groups attached to an aromatic ring is 1. The average Bonchev–Trinajstić information content (AvgIpc) is 2.63. The van der Waals surface area contributed by atoms with E-state index in [4.69, 9.17) is 5.73 Å². The van der Waals surface area contributed by atoms with E-state index in [-0.39, 0.29) is 16.6 Å². The molecule has 0 saturated carbocycles. The van der Waals surface area contributed by atoms with Gasteiger partial charge < -0.3 is 5.73 Å². The summed E-state index contributed by atoms with van der Waals surface area (Å²) >= 11 is 0. The van der Waals surface area contributed by atoms with Gasteiger partial charge in [-0.25, -0.2) is 8.42 Å². The first-order chi connectivity index (χ1) is 9.74. The van der Waals surface area contributed by atoms with E-state index in [0.717, 1.165) is 5.56 Å². The number of para-hydroxylation sites is 1. The quantitative estimate of drug-likeness (QED) is 0.906. The van der Waals surface area contributed by atoms with Crippen molar-refractivity contribution in [1.29, 1.82) is 0 Å². The summed E-state index contributed by atoms with van der Waals surface area (Å²) < 4.78 is 29.2. The second-order valence-corrected chi connectivity index (χ2v) is 6.89. The Labute approximate surface area is 125 Å². The summed E-state index contributed by atoms with van der Waals surface area (Å²) in [6, 6.07) is 7.33. The van der Waals surface area contributed by atoms with Crippen molar-refractivity contribution >= 4 is 21.5 Å². The lowest BCUT2D eigenvalue weighted by Crippen LogP contribution is -2.16. The Morgan fingerprint density at radius 1 is 1.29 bits per heavy atom. The topological polar surface area (TPSA) is 90.0 Å². The minimum atomic E-state index is -3.77. The number of nitrogens with zero attached hydrogens (tertiary/aromatic N) is 2. The van der Waals surface area contributed by atoms with E-state index < -0.39 is 10.0 Å². The Morgan fingerprint density at radius 3 is 2.43 bits per heavy atom. The Balaban J connectivity index is 2.48. The molecule has 1 aromatic carbocycles. The number of anilines is 2. The van der Waals surface area contributed by atoms with Gasteiger partial charge in [-0.05, 0) is 24.5 Å². The van der Waals surface area contributed by atoms with Crippen LogP contribution in [0.5, 0.6) is 0 Å². The number of hydrogen-bond donors (Lipinski definition) is 2. The molecular weight excluding hydrogens is 288 g/mol. The fraction of sp³-hybridized carbons (Fsp3) is 0.357. The third-order valence-corrected chi connectivity index (χ3v) is 4.93. The fourth-order valence-corrected chi connectivity index (χ4v) is 3.65. The molecule has 0 unspecified atom stereocenters. The van der Waals surface area contributed by atoms with Crippen molar-refractivity contribution in [2.24, 2.45) is 7.05 Å². The second kappa shape index (κ2) is 5.40. The first kappa shape index (κ1) is 15.4. The molecule has 7 heteroatoms. The molecule has 0 aliphatic rings. The van der Waals surface area contributed by atoms with Crippen molar-refractivity contribution in [1.82, 2.24) is 9.78 Å². The summed E-state index contributed by atoms with van der Waals surface area (Å²) in [7, 11) is -2.11. The van der Waals surface area contributed by atoms with Crippen molar-refractivity contribution in [2.75, 3.05) is 10.5 Å². The number of rotatable bonds is 4. The first-order valence-electron chi connectivity index (χ1n) is 6.65. The van der Waals surface area contributed by atoms with E-state index in [1.165, 1.54) is 4.68 Å². The fourth-order valence-electron chi connectivity index (χ4n) is 2.24. The van der Waals surface area contributed by atoms with Crippen LogP contribution in [0.2, 0.25) is 0 Å². The van der Waals surface area contributed by atoms with Crippen LogP contribution in [-0.2, 0) is 17.1 Å². The van der Waals surface area contributed by atoms with E-state index >= 15 is 0 Å². The molecule has 1 heterocycles. The largest absolute Gasteiger partial charge is 0.381 e. The monoisotopic (exact) mass is 308 g/mol. The van der Waals surface area contributed by atoms with Gasteiger partial charge in [0.1, 0.15) is 0 Å². The maximum atomic E-state index is 12.6. The van der Waals surface area contributed by atoms with E-state index in [9.17, 15) is 8.42 Å². The standard InChI is InChI=1S/C14H20N4O2S/c1-9(2)11-7-5-6-8-12(11)17-21(19,20)13-10(3)18(4)16-14(13)15/h5-9,17H,1-4H3,(H2,15,16).